The Morgan fingerprint density at radius 2 is 2.42 bits per heavy atom. The fourth-order valence-electron chi connectivity index (χ4n) is 1.99. The van der Waals surface area contributed by atoms with Crippen LogP contribution >= 0.6 is 38.5 Å². The Morgan fingerprint density at radius 3 is 3.11 bits per heavy atom. The maximum absolute atomic E-state index is 12.4. The Balaban J connectivity index is 2.03. The number of likely N-dealkylation sites (N-methyl/N-ethyl adjacent to an activating group) is 1. The zero-order chi connectivity index (χ0) is 13.8. The van der Waals surface area contributed by atoms with Crippen molar-refractivity contribution in [3.8, 4) is 0 Å². The van der Waals surface area contributed by atoms with E-state index in [1.54, 1.807) is 4.90 Å². The van der Waals surface area contributed by atoms with E-state index >= 15 is 0 Å². The molecule has 4 nitrogen and oxygen atoms in total. The second kappa shape index (κ2) is 7.01. The van der Waals surface area contributed by atoms with Crippen molar-refractivity contribution in [2.24, 2.45) is 0 Å². The molecule has 0 aromatic heterocycles. The van der Waals surface area contributed by atoms with Gasteiger partial charge in [-0.15, -0.1) is 0 Å². The van der Waals surface area contributed by atoms with Gasteiger partial charge in [0.15, 0.2) is 0 Å². The molecule has 1 aliphatic heterocycles. The number of carbonyl (C=O) groups excluding carboxylic acids is 1. The molecule has 0 aliphatic carbocycles. The molecule has 1 amide bonds. The molecule has 0 spiro atoms. The molecule has 0 radical (unpaired) electrons. The van der Waals surface area contributed by atoms with Gasteiger partial charge in [0.05, 0.1) is 18.3 Å². The lowest BCUT2D eigenvalue weighted by atomic mass is 10.2. The van der Waals surface area contributed by atoms with Crippen LogP contribution in [-0.4, -0.2) is 50.2 Å². The lowest BCUT2D eigenvalue weighted by Crippen LogP contribution is -2.45. The van der Waals surface area contributed by atoms with Crippen LogP contribution < -0.4 is 5.32 Å². The highest BCUT2D eigenvalue weighted by Gasteiger charge is 2.20. The van der Waals surface area contributed by atoms with Crippen LogP contribution in [0.1, 0.15) is 10.4 Å². The van der Waals surface area contributed by atoms with Crippen LogP contribution in [0.15, 0.2) is 22.7 Å². The van der Waals surface area contributed by atoms with Gasteiger partial charge in [0.2, 0.25) is 0 Å². The summed E-state index contributed by atoms with van der Waals surface area (Å²) in [5.74, 6) is 0.0135. The van der Waals surface area contributed by atoms with E-state index in [4.69, 9.17) is 4.74 Å². The Labute approximate surface area is 135 Å². The maximum Gasteiger partial charge on any atom is 0.254 e. The van der Waals surface area contributed by atoms with Crippen LogP contribution in [0.4, 0.5) is 0 Å². The van der Waals surface area contributed by atoms with Crippen LogP contribution in [0.2, 0.25) is 0 Å². The first kappa shape index (κ1) is 15.2. The van der Waals surface area contributed by atoms with Gasteiger partial charge >= 0.3 is 0 Å². The van der Waals surface area contributed by atoms with E-state index in [2.05, 4.69) is 43.8 Å². The average Bonchev–Trinajstić information content (AvgIpc) is 2.42. The van der Waals surface area contributed by atoms with E-state index in [0.29, 0.717) is 18.7 Å². The summed E-state index contributed by atoms with van der Waals surface area (Å²) in [5, 5.41) is 3.27. The summed E-state index contributed by atoms with van der Waals surface area (Å²) in [6.07, 6.45) is 0.0734. The fourth-order valence-corrected chi connectivity index (χ4v) is 2.90. The second-order valence-electron chi connectivity index (χ2n) is 4.51. The van der Waals surface area contributed by atoms with Crippen molar-refractivity contribution in [1.29, 1.82) is 0 Å². The molecule has 6 heteroatoms. The summed E-state index contributed by atoms with van der Waals surface area (Å²) in [7, 11) is 1.81. The number of ether oxygens (including phenoxy) is 1. The number of hydrogen-bond acceptors (Lipinski definition) is 3. The summed E-state index contributed by atoms with van der Waals surface area (Å²) in [4.78, 5) is 14.1. The summed E-state index contributed by atoms with van der Waals surface area (Å²) in [5.41, 5.74) is 0.693. The minimum Gasteiger partial charge on any atom is -0.374 e. The van der Waals surface area contributed by atoms with Gasteiger partial charge in [-0.05, 0) is 56.7 Å². The standard InChI is InChI=1S/C13H16BrIN2O2/c1-17(8-10-7-16-4-5-19-10)13(18)11-6-9(15)2-3-12(11)14/h2-3,6,10,16H,4-5,7-8H2,1H3. The molecule has 1 aromatic carbocycles. The van der Waals surface area contributed by atoms with Crippen LogP contribution in [0.25, 0.3) is 0 Å². The number of carbonyl (C=O) groups is 1. The Bertz CT molecular complexity index is 464. The molecular formula is C13H16BrIN2O2. The zero-order valence-corrected chi connectivity index (χ0v) is 14.4. The smallest absolute Gasteiger partial charge is 0.254 e. The molecule has 104 valence electrons. The van der Waals surface area contributed by atoms with Gasteiger partial charge in [0.1, 0.15) is 0 Å². The molecular weight excluding hydrogens is 423 g/mol. The van der Waals surface area contributed by atoms with Gasteiger partial charge in [0, 0.05) is 34.7 Å². The second-order valence-corrected chi connectivity index (χ2v) is 6.61. The van der Waals surface area contributed by atoms with Gasteiger partial charge in [-0.2, -0.15) is 0 Å². The fraction of sp³-hybridized carbons (Fsp3) is 0.462. The SMILES string of the molecule is CN(CC1CNCCO1)C(=O)c1cc(I)ccc1Br. The molecule has 1 heterocycles. The summed E-state index contributed by atoms with van der Waals surface area (Å²) in [6, 6.07) is 5.76. The maximum atomic E-state index is 12.4. The first-order valence-corrected chi connectivity index (χ1v) is 7.98. The summed E-state index contributed by atoms with van der Waals surface area (Å²) in [6.45, 7) is 2.99. The topological polar surface area (TPSA) is 41.6 Å². The largest absolute Gasteiger partial charge is 0.374 e. The molecule has 1 aromatic rings. The third-order valence-corrected chi connectivity index (χ3v) is 4.35. The van der Waals surface area contributed by atoms with Crippen molar-refractivity contribution in [1.82, 2.24) is 10.2 Å². The van der Waals surface area contributed by atoms with Crippen molar-refractivity contribution in [3.63, 3.8) is 0 Å². The third kappa shape index (κ3) is 4.14. The van der Waals surface area contributed by atoms with Crippen LogP contribution in [0.3, 0.4) is 0 Å². The number of benzene rings is 1. The van der Waals surface area contributed by atoms with Gasteiger partial charge in [-0.1, -0.05) is 0 Å². The average molecular weight is 439 g/mol. The van der Waals surface area contributed by atoms with E-state index < -0.39 is 0 Å². The quantitative estimate of drug-likeness (QED) is 0.735. The highest BCUT2D eigenvalue weighted by molar-refractivity contribution is 14.1. The number of amides is 1. The molecule has 1 aliphatic rings. The van der Waals surface area contributed by atoms with Crippen LogP contribution in [0, 0.1) is 3.57 Å². The number of hydrogen-bond donors (Lipinski definition) is 1. The highest BCUT2D eigenvalue weighted by Crippen LogP contribution is 2.21. The summed E-state index contributed by atoms with van der Waals surface area (Å²) >= 11 is 5.64. The molecule has 1 fully saturated rings. The Hall–Kier alpha value is -0.180. The van der Waals surface area contributed by atoms with E-state index in [9.17, 15) is 4.79 Å². The minimum atomic E-state index is 0.0135. The van der Waals surface area contributed by atoms with Crippen LogP contribution in [0.5, 0.6) is 0 Å². The number of halogens is 2. The van der Waals surface area contributed by atoms with Gasteiger partial charge in [-0.3, -0.25) is 4.79 Å². The number of rotatable bonds is 3. The van der Waals surface area contributed by atoms with Crippen molar-refractivity contribution in [3.05, 3.63) is 31.8 Å². The van der Waals surface area contributed by atoms with Crippen molar-refractivity contribution < 1.29 is 9.53 Å². The van der Waals surface area contributed by atoms with Crippen LogP contribution in [-0.2, 0) is 4.74 Å². The Kier molecular flexibility index (Phi) is 5.61. The Morgan fingerprint density at radius 1 is 1.63 bits per heavy atom. The molecule has 19 heavy (non-hydrogen) atoms. The molecule has 0 saturated carbocycles. The summed E-state index contributed by atoms with van der Waals surface area (Å²) < 4.78 is 7.49. The molecule has 1 unspecified atom stereocenters. The molecule has 1 saturated heterocycles. The van der Waals surface area contributed by atoms with E-state index in [1.807, 2.05) is 25.2 Å². The monoisotopic (exact) mass is 438 g/mol. The number of nitrogens with one attached hydrogen (secondary N) is 1. The molecule has 2 rings (SSSR count). The molecule has 1 atom stereocenters. The van der Waals surface area contributed by atoms with Gasteiger partial charge in [-0.25, -0.2) is 0 Å². The lowest BCUT2D eigenvalue weighted by Gasteiger charge is -2.28. The first-order chi connectivity index (χ1) is 9.08. The van der Waals surface area contributed by atoms with E-state index in [0.717, 1.165) is 21.1 Å². The number of nitrogens with zero attached hydrogens (tertiary/aromatic N) is 1. The van der Waals surface area contributed by atoms with Crippen molar-refractivity contribution in [2.45, 2.75) is 6.10 Å². The molecule has 1 N–H and O–H groups in total. The normalized spacial score (nSPS) is 19.2. The van der Waals surface area contributed by atoms with E-state index in [1.165, 1.54) is 0 Å². The first-order valence-electron chi connectivity index (χ1n) is 6.11. The zero-order valence-electron chi connectivity index (χ0n) is 10.7. The third-order valence-electron chi connectivity index (χ3n) is 2.99. The van der Waals surface area contributed by atoms with E-state index in [-0.39, 0.29) is 12.0 Å². The van der Waals surface area contributed by atoms with Gasteiger partial charge in [0.25, 0.3) is 5.91 Å². The predicted octanol–water partition coefficient (Wildman–Crippen LogP) is 2.11. The molecule has 0 bridgehead atoms. The number of morpholine rings is 1. The lowest BCUT2D eigenvalue weighted by molar-refractivity contribution is 0.0103. The predicted molar refractivity (Wildman–Crippen MR) is 86.4 cm³/mol. The van der Waals surface area contributed by atoms with Crippen molar-refractivity contribution >= 4 is 44.4 Å². The highest BCUT2D eigenvalue weighted by atomic mass is 127. The van der Waals surface area contributed by atoms with Crippen molar-refractivity contribution in [2.75, 3.05) is 33.3 Å². The van der Waals surface area contributed by atoms with Gasteiger partial charge < -0.3 is 15.0 Å². The minimum absolute atomic E-state index is 0.0135.